The summed E-state index contributed by atoms with van der Waals surface area (Å²) in [5.74, 6) is -0.872. The lowest BCUT2D eigenvalue weighted by Crippen LogP contribution is -2.23. The van der Waals surface area contributed by atoms with Gasteiger partial charge in [0.1, 0.15) is 5.75 Å². The van der Waals surface area contributed by atoms with Crippen LogP contribution in [0.3, 0.4) is 0 Å². The fraction of sp³-hybridized carbons (Fsp3) is 0.263. The summed E-state index contributed by atoms with van der Waals surface area (Å²) < 4.78 is 35.5. The number of carbonyl (C=O) groups excluding carboxylic acids is 2. The standard InChI is InChI=1S/C19H22N2O6S/c1-13-8-9-17(26-4)16(10-13)20-18(22)12-27-19(23)14-6-5-7-15(11-14)28(24,25)21(2)3/h5-11H,12H2,1-4H3,(H,20,22). The molecular formula is C19H22N2O6S. The van der Waals surface area contributed by atoms with E-state index in [1.54, 1.807) is 12.1 Å². The van der Waals surface area contributed by atoms with Gasteiger partial charge in [0.25, 0.3) is 5.91 Å². The summed E-state index contributed by atoms with van der Waals surface area (Å²) >= 11 is 0. The Morgan fingerprint density at radius 2 is 1.82 bits per heavy atom. The molecule has 2 aromatic carbocycles. The lowest BCUT2D eigenvalue weighted by atomic mass is 10.2. The lowest BCUT2D eigenvalue weighted by Gasteiger charge is -2.13. The molecular weight excluding hydrogens is 384 g/mol. The molecule has 0 spiro atoms. The number of hydrogen-bond acceptors (Lipinski definition) is 6. The third kappa shape index (κ3) is 5.08. The van der Waals surface area contributed by atoms with E-state index in [9.17, 15) is 18.0 Å². The van der Waals surface area contributed by atoms with E-state index in [1.165, 1.54) is 45.5 Å². The zero-order chi connectivity index (χ0) is 20.9. The number of methoxy groups -OCH3 is 1. The number of anilines is 1. The van der Waals surface area contributed by atoms with E-state index >= 15 is 0 Å². The largest absolute Gasteiger partial charge is 0.495 e. The van der Waals surface area contributed by atoms with Gasteiger partial charge in [-0.25, -0.2) is 17.5 Å². The smallest absolute Gasteiger partial charge is 0.338 e. The maximum atomic E-state index is 12.2. The van der Waals surface area contributed by atoms with Gasteiger partial charge in [-0.2, -0.15) is 0 Å². The molecule has 0 bridgehead atoms. The third-order valence-electron chi connectivity index (χ3n) is 3.81. The van der Waals surface area contributed by atoms with Gasteiger partial charge in [0, 0.05) is 14.1 Å². The van der Waals surface area contributed by atoms with Crippen LogP contribution in [0.5, 0.6) is 5.75 Å². The Kier molecular flexibility index (Phi) is 6.76. The lowest BCUT2D eigenvalue weighted by molar-refractivity contribution is -0.119. The van der Waals surface area contributed by atoms with E-state index in [2.05, 4.69) is 5.32 Å². The number of aryl methyl sites for hydroxylation is 1. The number of nitrogens with zero attached hydrogens (tertiary/aromatic N) is 1. The molecule has 0 saturated carbocycles. The Balaban J connectivity index is 2.05. The van der Waals surface area contributed by atoms with Gasteiger partial charge in [-0.3, -0.25) is 4.79 Å². The number of hydrogen-bond donors (Lipinski definition) is 1. The van der Waals surface area contributed by atoms with Crippen molar-refractivity contribution in [1.82, 2.24) is 4.31 Å². The van der Waals surface area contributed by atoms with Crippen LogP contribution in [0.2, 0.25) is 0 Å². The molecule has 9 heteroatoms. The monoisotopic (exact) mass is 406 g/mol. The molecule has 0 saturated heterocycles. The second-order valence-corrected chi connectivity index (χ2v) is 8.30. The number of esters is 1. The molecule has 8 nitrogen and oxygen atoms in total. The summed E-state index contributed by atoms with van der Waals surface area (Å²) in [5, 5.41) is 2.62. The van der Waals surface area contributed by atoms with Gasteiger partial charge in [-0.15, -0.1) is 0 Å². The van der Waals surface area contributed by atoms with Gasteiger partial charge in [0.05, 0.1) is 23.3 Å². The molecule has 28 heavy (non-hydrogen) atoms. The van der Waals surface area contributed by atoms with Gasteiger partial charge in [-0.1, -0.05) is 12.1 Å². The number of benzene rings is 2. The Hall–Kier alpha value is -2.91. The summed E-state index contributed by atoms with van der Waals surface area (Å²) in [7, 11) is 0.583. The van der Waals surface area contributed by atoms with Crippen molar-refractivity contribution in [3.05, 3.63) is 53.6 Å². The molecule has 0 fully saturated rings. The average molecular weight is 406 g/mol. The van der Waals surface area contributed by atoms with E-state index in [4.69, 9.17) is 9.47 Å². The fourth-order valence-corrected chi connectivity index (χ4v) is 3.26. The van der Waals surface area contributed by atoms with Crippen molar-refractivity contribution < 1.29 is 27.5 Å². The number of sulfonamides is 1. The molecule has 0 unspecified atom stereocenters. The van der Waals surface area contributed by atoms with Gasteiger partial charge in [0.2, 0.25) is 10.0 Å². The number of nitrogens with one attached hydrogen (secondary N) is 1. The van der Waals surface area contributed by atoms with Crippen molar-refractivity contribution in [2.45, 2.75) is 11.8 Å². The highest BCUT2D eigenvalue weighted by Crippen LogP contribution is 2.25. The van der Waals surface area contributed by atoms with Crippen LogP contribution in [0.25, 0.3) is 0 Å². The van der Waals surface area contributed by atoms with E-state index < -0.39 is 28.5 Å². The first-order valence-electron chi connectivity index (χ1n) is 8.29. The van der Waals surface area contributed by atoms with Gasteiger partial charge < -0.3 is 14.8 Å². The minimum absolute atomic E-state index is 0.0314. The predicted octanol–water partition coefficient (Wildman–Crippen LogP) is 2.05. The Morgan fingerprint density at radius 1 is 1.11 bits per heavy atom. The quantitative estimate of drug-likeness (QED) is 0.706. The van der Waals surface area contributed by atoms with Crippen LogP contribution < -0.4 is 10.1 Å². The third-order valence-corrected chi connectivity index (χ3v) is 5.62. The van der Waals surface area contributed by atoms with E-state index in [1.807, 2.05) is 13.0 Å². The summed E-state index contributed by atoms with van der Waals surface area (Å²) in [6.07, 6.45) is 0. The van der Waals surface area contributed by atoms with Gasteiger partial charge >= 0.3 is 5.97 Å². The number of carbonyl (C=O) groups is 2. The minimum Gasteiger partial charge on any atom is -0.495 e. The number of amides is 1. The van der Waals surface area contributed by atoms with Crippen molar-refractivity contribution in [3.8, 4) is 5.75 Å². The first-order valence-corrected chi connectivity index (χ1v) is 9.73. The maximum absolute atomic E-state index is 12.2. The van der Waals surface area contributed by atoms with Crippen LogP contribution >= 0.6 is 0 Å². The molecule has 0 aliphatic carbocycles. The molecule has 0 heterocycles. The zero-order valence-corrected chi connectivity index (χ0v) is 16.9. The molecule has 0 radical (unpaired) electrons. The molecule has 0 aliphatic rings. The van der Waals surface area contributed by atoms with Crippen LogP contribution in [0.4, 0.5) is 5.69 Å². The van der Waals surface area contributed by atoms with Crippen LogP contribution in [-0.4, -0.2) is 52.4 Å². The number of ether oxygens (including phenoxy) is 2. The van der Waals surface area contributed by atoms with Gasteiger partial charge in [-0.05, 0) is 42.8 Å². The van der Waals surface area contributed by atoms with E-state index in [-0.39, 0.29) is 10.5 Å². The minimum atomic E-state index is -3.68. The summed E-state index contributed by atoms with van der Waals surface area (Å²) in [6, 6.07) is 10.7. The van der Waals surface area contributed by atoms with Crippen molar-refractivity contribution in [1.29, 1.82) is 0 Å². The highest BCUT2D eigenvalue weighted by Gasteiger charge is 2.19. The van der Waals surface area contributed by atoms with Crippen molar-refractivity contribution in [3.63, 3.8) is 0 Å². The summed E-state index contributed by atoms with van der Waals surface area (Å²) in [5.41, 5.74) is 1.42. The van der Waals surface area contributed by atoms with E-state index in [0.717, 1.165) is 9.87 Å². The van der Waals surface area contributed by atoms with Crippen LogP contribution in [0, 0.1) is 6.92 Å². The first kappa shape index (κ1) is 21.4. The SMILES string of the molecule is COc1ccc(C)cc1NC(=O)COC(=O)c1cccc(S(=O)(=O)N(C)C)c1. The highest BCUT2D eigenvalue weighted by atomic mass is 32.2. The van der Waals surface area contributed by atoms with Crippen LogP contribution in [0.15, 0.2) is 47.4 Å². The molecule has 0 aliphatic heterocycles. The number of rotatable bonds is 7. The van der Waals surface area contributed by atoms with Crippen molar-refractivity contribution in [2.24, 2.45) is 0 Å². The van der Waals surface area contributed by atoms with Crippen LogP contribution in [0.1, 0.15) is 15.9 Å². The van der Waals surface area contributed by atoms with Gasteiger partial charge in [0.15, 0.2) is 6.61 Å². The maximum Gasteiger partial charge on any atom is 0.338 e. The molecule has 2 rings (SSSR count). The molecule has 0 atom stereocenters. The molecule has 1 N–H and O–H groups in total. The molecule has 2 aromatic rings. The fourth-order valence-electron chi connectivity index (χ4n) is 2.31. The second-order valence-electron chi connectivity index (χ2n) is 6.14. The zero-order valence-electron chi connectivity index (χ0n) is 16.1. The molecule has 1 amide bonds. The van der Waals surface area contributed by atoms with E-state index in [0.29, 0.717) is 11.4 Å². The summed E-state index contributed by atoms with van der Waals surface area (Å²) in [6.45, 7) is 1.34. The molecule has 0 aromatic heterocycles. The van der Waals surface area contributed by atoms with Crippen LogP contribution in [-0.2, 0) is 19.6 Å². The first-order chi connectivity index (χ1) is 13.1. The topological polar surface area (TPSA) is 102 Å². The van der Waals surface area contributed by atoms with Crippen molar-refractivity contribution >= 4 is 27.6 Å². The van der Waals surface area contributed by atoms with Crippen molar-refractivity contribution in [2.75, 3.05) is 33.1 Å². The summed E-state index contributed by atoms with van der Waals surface area (Å²) in [4.78, 5) is 24.2. The average Bonchev–Trinajstić information content (AvgIpc) is 2.66. The second kappa shape index (κ2) is 8.85. The Morgan fingerprint density at radius 3 is 2.46 bits per heavy atom. The Bertz CT molecular complexity index is 986. The highest BCUT2D eigenvalue weighted by molar-refractivity contribution is 7.89. The molecule has 150 valence electrons. The Labute approximate surface area is 164 Å². The predicted molar refractivity (Wildman–Crippen MR) is 104 cm³/mol. The normalized spacial score (nSPS) is 11.2.